The zero-order chi connectivity index (χ0) is 15.1. The van der Waals surface area contributed by atoms with Crippen molar-refractivity contribution in [3.05, 3.63) is 29.8 Å². The molecule has 4 heteroatoms. The van der Waals surface area contributed by atoms with Crippen molar-refractivity contribution in [1.29, 1.82) is 0 Å². The zero-order valence-corrected chi connectivity index (χ0v) is 13.2. The molecule has 4 nitrogen and oxygen atoms in total. The van der Waals surface area contributed by atoms with E-state index in [-0.39, 0.29) is 11.8 Å². The van der Waals surface area contributed by atoms with Crippen molar-refractivity contribution < 1.29 is 4.79 Å². The van der Waals surface area contributed by atoms with Crippen LogP contribution in [0, 0.1) is 5.92 Å². The van der Waals surface area contributed by atoms with E-state index in [2.05, 4.69) is 47.6 Å². The average molecular weight is 277 g/mol. The summed E-state index contributed by atoms with van der Waals surface area (Å²) in [7, 11) is 3.72. The number of para-hydroxylation sites is 1. The van der Waals surface area contributed by atoms with Gasteiger partial charge in [-0.05, 0) is 11.6 Å². The number of amides is 1. The van der Waals surface area contributed by atoms with Gasteiger partial charge >= 0.3 is 0 Å². The number of anilines is 1. The van der Waals surface area contributed by atoms with Crippen LogP contribution in [0.4, 0.5) is 5.69 Å². The molecule has 0 aliphatic carbocycles. The molecule has 1 rings (SSSR count). The summed E-state index contributed by atoms with van der Waals surface area (Å²) in [6.07, 6.45) is 0. The summed E-state index contributed by atoms with van der Waals surface area (Å²) in [6.45, 7) is 7.77. The summed E-state index contributed by atoms with van der Waals surface area (Å²) in [5, 5.41) is 6.14. The number of nitrogens with one attached hydrogen (secondary N) is 2. The Hall–Kier alpha value is -1.55. The minimum Gasteiger partial charge on any atom is -0.374 e. The lowest BCUT2D eigenvalue weighted by Gasteiger charge is -2.25. The maximum Gasteiger partial charge on any atom is 0.224 e. The fraction of sp³-hybridized carbons (Fsp3) is 0.562. The van der Waals surface area contributed by atoms with Gasteiger partial charge in [-0.3, -0.25) is 4.79 Å². The molecule has 0 bridgehead atoms. The summed E-state index contributed by atoms with van der Waals surface area (Å²) >= 11 is 0. The van der Waals surface area contributed by atoms with Gasteiger partial charge in [0.15, 0.2) is 0 Å². The van der Waals surface area contributed by atoms with Crippen LogP contribution >= 0.6 is 0 Å². The first-order valence-electron chi connectivity index (χ1n) is 7.19. The van der Waals surface area contributed by atoms with Gasteiger partial charge < -0.3 is 15.5 Å². The van der Waals surface area contributed by atoms with Crippen molar-refractivity contribution in [2.45, 2.75) is 33.4 Å². The normalized spacial score (nSPS) is 12.3. The minimum atomic E-state index is -0.0314. The zero-order valence-electron chi connectivity index (χ0n) is 13.2. The molecule has 1 aromatic rings. The van der Waals surface area contributed by atoms with E-state index in [0.717, 1.165) is 6.54 Å². The first-order valence-corrected chi connectivity index (χ1v) is 7.19. The van der Waals surface area contributed by atoms with Gasteiger partial charge in [0.2, 0.25) is 5.91 Å². The second-order valence-electron chi connectivity index (χ2n) is 5.56. The van der Waals surface area contributed by atoms with Gasteiger partial charge in [-0.15, -0.1) is 0 Å². The Balaban J connectivity index is 2.76. The van der Waals surface area contributed by atoms with Gasteiger partial charge in [-0.2, -0.15) is 0 Å². The Kier molecular flexibility index (Phi) is 6.52. The van der Waals surface area contributed by atoms with E-state index < -0.39 is 0 Å². The third kappa shape index (κ3) is 4.85. The Bertz CT molecular complexity index is 431. The van der Waals surface area contributed by atoms with Crippen molar-refractivity contribution in [3.63, 3.8) is 0 Å². The van der Waals surface area contributed by atoms with Crippen molar-refractivity contribution in [3.8, 4) is 0 Å². The lowest BCUT2D eigenvalue weighted by molar-refractivity contribution is -0.123. The van der Waals surface area contributed by atoms with Crippen LogP contribution in [0.1, 0.15) is 26.3 Å². The van der Waals surface area contributed by atoms with Crippen LogP contribution in [0.15, 0.2) is 24.3 Å². The fourth-order valence-corrected chi connectivity index (χ4v) is 2.19. The summed E-state index contributed by atoms with van der Waals surface area (Å²) in [5.74, 6) is 0.0470. The third-order valence-corrected chi connectivity index (χ3v) is 3.35. The molecular weight excluding hydrogens is 250 g/mol. The monoisotopic (exact) mass is 277 g/mol. The molecule has 20 heavy (non-hydrogen) atoms. The second-order valence-corrected chi connectivity index (χ2v) is 5.56. The van der Waals surface area contributed by atoms with Crippen molar-refractivity contribution in [2.75, 3.05) is 25.5 Å². The summed E-state index contributed by atoms with van der Waals surface area (Å²) < 4.78 is 0. The molecule has 1 atom stereocenters. The minimum absolute atomic E-state index is 0.0314. The number of hydrogen-bond acceptors (Lipinski definition) is 3. The van der Waals surface area contributed by atoms with Crippen molar-refractivity contribution in [2.24, 2.45) is 5.92 Å². The maximum absolute atomic E-state index is 11.6. The lowest BCUT2D eigenvalue weighted by Crippen LogP contribution is -2.35. The van der Waals surface area contributed by atoms with Crippen LogP contribution in [0.25, 0.3) is 0 Å². The molecule has 1 aromatic carbocycles. The Labute approximate surface area is 122 Å². The number of carbonyl (C=O) groups excluding carboxylic acids is 1. The molecule has 0 saturated heterocycles. The van der Waals surface area contributed by atoms with Crippen LogP contribution < -0.4 is 15.5 Å². The highest BCUT2D eigenvalue weighted by molar-refractivity contribution is 5.78. The predicted octanol–water partition coefficient (Wildman–Crippen LogP) is 2.00. The van der Waals surface area contributed by atoms with Crippen molar-refractivity contribution in [1.82, 2.24) is 10.6 Å². The topological polar surface area (TPSA) is 44.4 Å². The Morgan fingerprint density at radius 1 is 1.25 bits per heavy atom. The third-order valence-electron chi connectivity index (χ3n) is 3.35. The number of hydrogen-bond donors (Lipinski definition) is 2. The summed E-state index contributed by atoms with van der Waals surface area (Å²) in [5.41, 5.74) is 2.43. The molecule has 0 fully saturated rings. The van der Waals surface area contributed by atoms with Crippen LogP contribution in [0.5, 0.6) is 0 Å². The largest absolute Gasteiger partial charge is 0.374 e. The van der Waals surface area contributed by atoms with E-state index in [0.29, 0.717) is 12.6 Å². The molecule has 0 aromatic heterocycles. The molecule has 0 saturated carbocycles. The number of rotatable bonds is 7. The maximum atomic E-state index is 11.6. The number of carbonyl (C=O) groups is 1. The second kappa shape index (κ2) is 7.90. The molecule has 112 valence electrons. The SMILES string of the molecule is CNC(=O)C(C)CN(C)c1ccccc1CNC(C)C. The lowest BCUT2D eigenvalue weighted by atomic mass is 10.1. The Morgan fingerprint density at radius 2 is 1.90 bits per heavy atom. The molecular formula is C16H27N3O. The molecule has 1 amide bonds. The van der Waals surface area contributed by atoms with Gasteiger partial charge in [-0.1, -0.05) is 39.0 Å². The first-order chi connectivity index (χ1) is 9.45. The molecule has 0 spiro atoms. The standard InChI is InChI=1S/C16H27N3O/c1-12(2)18-10-14-8-6-7-9-15(14)19(5)11-13(3)16(20)17-4/h6-9,12-13,18H,10-11H2,1-5H3,(H,17,20). The fourth-order valence-electron chi connectivity index (χ4n) is 2.19. The summed E-state index contributed by atoms with van der Waals surface area (Å²) in [4.78, 5) is 13.8. The highest BCUT2D eigenvalue weighted by atomic mass is 16.1. The molecule has 2 N–H and O–H groups in total. The van der Waals surface area contributed by atoms with E-state index in [1.807, 2.05) is 20.0 Å². The molecule has 0 aliphatic heterocycles. The van der Waals surface area contributed by atoms with E-state index in [1.54, 1.807) is 7.05 Å². The van der Waals surface area contributed by atoms with E-state index >= 15 is 0 Å². The molecule has 0 radical (unpaired) electrons. The van der Waals surface area contributed by atoms with E-state index in [1.165, 1.54) is 11.3 Å². The number of benzene rings is 1. The van der Waals surface area contributed by atoms with Crippen molar-refractivity contribution >= 4 is 11.6 Å². The van der Waals surface area contributed by atoms with Gasteiger partial charge in [0, 0.05) is 38.9 Å². The Morgan fingerprint density at radius 3 is 2.50 bits per heavy atom. The van der Waals surface area contributed by atoms with E-state index in [4.69, 9.17) is 0 Å². The highest BCUT2D eigenvalue weighted by Crippen LogP contribution is 2.20. The van der Waals surface area contributed by atoms with Gasteiger partial charge in [0.1, 0.15) is 0 Å². The highest BCUT2D eigenvalue weighted by Gasteiger charge is 2.15. The average Bonchev–Trinajstić information content (AvgIpc) is 2.44. The van der Waals surface area contributed by atoms with Gasteiger partial charge in [0.25, 0.3) is 0 Å². The predicted molar refractivity (Wildman–Crippen MR) is 84.9 cm³/mol. The van der Waals surface area contributed by atoms with Gasteiger partial charge in [-0.25, -0.2) is 0 Å². The molecule has 0 heterocycles. The van der Waals surface area contributed by atoms with Crippen LogP contribution in [0.2, 0.25) is 0 Å². The molecule has 1 unspecified atom stereocenters. The van der Waals surface area contributed by atoms with E-state index in [9.17, 15) is 4.79 Å². The van der Waals surface area contributed by atoms with Gasteiger partial charge in [0.05, 0.1) is 5.92 Å². The molecule has 0 aliphatic rings. The smallest absolute Gasteiger partial charge is 0.224 e. The van der Waals surface area contributed by atoms with Crippen LogP contribution in [-0.2, 0) is 11.3 Å². The quantitative estimate of drug-likeness (QED) is 0.801. The van der Waals surface area contributed by atoms with Crippen LogP contribution in [-0.4, -0.2) is 32.6 Å². The van der Waals surface area contributed by atoms with Crippen LogP contribution in [0.3, 0.4) is 0 Å². The first kappa shape index (κ1) is 16.5. The summed E-state index contributed by atoms with van der Waals surface area (Å²) in [6, 6.07) is 8.78. The number of nitrogens with zero attached hydrogens (tertiary/aromatic N) is 1.